The fraction of sp³-hybridized carbons (Fsp3) is 0.273. The molecule has 6 N–H and O–H groups in total. The number of aliphatic carboxylic acids is 1. The maximum atomic E-state index is 11.0. The van der Waals surface area contributed by atoms with Crippen LogP contribution >= 0.6 is 0 Å². The van der Waals surface area contributed by atoms with E-state index in [9.17, 15) is 9.59 Å². The molecule has 0 unspecified atom stereocenters. The number of hydrogen-bond acceptors (Lipinski definition) is 3. The molecular formula is C11H16N2O4. The van der Waals surface area contributed by atoms with E-state index in [-0.39, 0.29) is 18.4 Å². The van der Waals surface area contributed by atoms with E-state index in [0.717, 1.165) is 5.56 Å². The highest BCUT2D eigenvalue weighted by Crippen LogP contribution is 2.03. The first-order chi connectivity index (χ1) is 7.63. The molecule has 1 aromatic rings. The van der Waals surface area contributed by atoms with Crippen LogP contribution in [0, 0.1) is 0 Å². The number of amides is 1. The number of hydrogen-bond donors (Lipinski definition) is 3. The van der Waals surface area contributed by atoms with Gasteiger partial charge in [0.2, 0.25) is 5.91 Å². The topological polar surface area (TPSA) is 124 Å². The first-order valence-electron chi connectivity index (χ1n) is 4.89. The number of carboxylic acids is 1. The summed E-state index contributed by atoms with van der Waals surface area (Å²) in [7, 11) is 0. The molecule has 1 rings (SSSR count). The first-order valence-corrected chi connectivity index (χ1v) is 4.89. The Labute approximate surface area is 98.7 Å². The average molecular weight is 240 g/mol. The number of carboxylic acid groups (broad SMARTS) is 1. The van der Waals surface area contributed by atoms with Gasteiger partial charge in [-0.2, -0.15) is 0 Å². The number of rotatable bonds is 5. The summed E-state index contributed by atoms with van der Waals surface area (Å²) in [6.07, 6.45) is 0.252. The predicted molar refractivity (Wildman–Crippen MR) is 62.4 cm³/mol. The molecule has 0 saturated heterocycles. The van der Waals surface area contributed by atoms with E-state index < -0.39 is 17.9 Å². The molecule has 0 saturated carbocycles. The van der Waals surface area contributed by atoms with E-state index in [1.54, 1.807) is 0 Å². The van der Waals surface area contributed by atoms with Crippen molar-refractivity contribution in [2.45, 2.75) is 12.5 Å². The van der Waals surface area contributed by atoms with Gasteiger partial charge in [-0.25, -0.2) is 4.79 Å². The summed E-state index contributed by atoms with van der Waals surface area (Å²) in [5.41, 5.74) is 5.96. The van der Waals surface area contributed by atoms with Crippen molar-refractivity contribution in [1.82, 2.24) is 5.32 Å². The maximum Gasteiger partial charge on any atom is 0.326 e. The molecule has 17 heavy (non-hydrogen) atoms. The average Bonchev–Trinajstić information content (AvgIpc) is 2.29. The molecular weight excluding hydrogens is 224 g/mol. The highest BCUT2D eigenvalue weighted by atomic mass is 16.4. The van der Waals surface area contributed by atoms with Crippen molar-refractivity contribution in [2.75, 3.05) is 6.54 Å². The van der Waals surface area contributed by atoms with Crippen LogP contribution in [0.25, 0.3) is 0 Å². The van der Waals surface area contributed by atoms with Gasteiger partial charge < -0.3 is 21.6 Å². The minimum Gasteiger partial charge on any atom is -0.480 e. The lowest BCUT2D eigenvalue weighted by Crippen LogP contribution is -2.44. The lowest BCUT2D eigenvalue weighted by Gasteiger charge is -2.13. The van der Waals surface area contributed by atoms with E-state index in [1.165, 1.54) is 0 Å². The third-order valence-corrected chi connectivity index (χ3v) is 2.10. The summed E-state index contributed by atoms with van der Waals surface area (Å²) < 4.78 is 0. The second-order valence-corrected chi connectivity index (χ2v) is 3.35. The van der Waals surface area contributed by atoms with E-state index in [1.807, 2.05) is 30.3 Å². The molecule has 1 aromatic carbocycles. The van der Waals surface area contributed by atoms with Crippen molar-refractivity contribution in [1.29, 1.82) is 0 Å². The summed E-state index contributed by atoms with van der Waals surface area (Å²) >= 11 is 0. The van der Waals surface area contributed by atoms with Crippen LogP contribution in [-0.4, -0.2) is 35.0 Å². The predicted octanol–water partition coefficient (Wildman–Crippen LogP) is -1.07. The fourth-order valence-corrected chi connectivity index (χ4v) is 1.30. The van der Waals surface area contributed by atoms with Crippen LogP contribution in [0.2, 0.25) is 0 Å². The molecule has 0 aliphatic heterocycles. The molecule has 6 nitrogen and oxygen atoms in total. The van der Waals surface area contributed by atoms with Gasteiger partial charge in [-0.15, -0.1) is 0 Å². The van der Waals surface area contributed by atoms with Crippen LogP contribution in [0.3, 0.4) is 0 Å². The number of carbonyl (C=O) groups is 2. The van der Waals surface area contributed by atoms with Crippen LogP contribution in [0.5, 0.6) is 0 Å². The molecule has 0 radical (unpaired) electrons. The van der Waals surface area contributed by atoms with Gasteiger partial charge in [-0.1, -0.05) is 30.3 Å². The second kappa shape index (κ2) is 7.37. The van der Waals surface area contributed by atoms with E-state index in [0.29, 0.717) is 0 Å². The molecule has 0 fully saturated rings. The zero-order valence-electron chi connectivity index (χ0n) is 9.22. The Kier molecular flexibility index (Phi) is 6.54. The summed E-state index contributed by atoms with van der Waals surface area (Å²) in [5, 5.41) is 11.3. The molecule has 0 aliphatic rings. The zero-order chi connectivity index (χ0) is 12.0. The smallest absolute Gasteiger partial charge is 0.326 e. The molecule has 0 aliphatic carbocycles. The maximum absolute atomic E-state index is 11.0. The fourth-order valence-electron chi connectivity index (χ4n) is 1.30. The van der Waals surface area contributed by atoms with Crippen LogP contribution in [-0.2, 0) is 16.0 Å². The molecule has 94 valence electrons. The lowest BCUT2D eigenvalue weighted by atomic mass is 10.1. The molecule has 1 amide bonds. The summed E-state index contributed by atoms with van der Waals surface area (Å²) in [4.78, 5) is 21.9. The molecule has 6 heteroatoms. The van der Waals surface area contributed by atoms with Gasteiger partial charge in [0, 0.05) is 6.42 Å². The van der Waals surface area contributed by atoms with Gasteiger partial charge in [0.05, 0.1) is 6.54 Å². The largest absolute Gasteiger partial charge is 0.480 e. The monoisotopic (exact) mass is 240 g/mol. The normalized spacial score (nSPS) is 11.1. The Bertz CT molecular complexity index is 367. The zero-order valence-corrected chi connectivity index (χ0v) is 9.22. The third kappa shape index (κ3) is 5.10. The standard InChI is InChI=1S/C11H14N2O3.H2O/c12-7-10(14)13-9(11(15)16)6-8-4-2-1-3-5-8;/h1-5,9H,6-7,12H2,(H,13,14)(H,15,16);1H2/t9-;/m0./s1. The summed E-state index contributed by atoms with van der Waals surface area (Å²) in [6.45, 7) is -0.210. The summed E-state index contributed by atoms with van der Waals surface area (Å²) in [6, 6.07) is 8.17. The van der Waals surface area contributed by atoms with Crippen molar-refractivity contribution >= 4 is 11.9 Å². The van der Waals surface area contributed by atoms with E-state index in [2.05, 4.69) is 5.32 Å². The number of nitrogens with two attached hydrogens (primary N) is 1. The Morgan fingerprint density at radius 2 is 1.88 bits per heavy atom. The number of carbonyl (C=O) groups excluding carboxylic acids is 1. The molecule has 0 spiro atoms. The van der Waals surface area contributed by atoms with Crippen LogP contribution < -0.4 is 11.1 Å². The second-order valence-electron chi connectivity index (χ2n) is 3.35. The Balaban J connectivity index is 0.00000256. The van der Waals surface area contributed by atoms with Crippen molar-refractivity contribution in [3.8, 4) is 0 Å². The van der Waals surface area contributed by atoms with Gasteiger partial charge in [0.1, 0.15) is 6.04 Å². The first kappa shape index (κ1) is 15.1. The third-order valence-electron chi connectivity index (χ3n) is 2.10. The van der Waals surface area contributed by atoms with Crippen LogP contribution in [0.15, 0.2) is 30.3 Å². The molecule has 0 heterocycles. The van der Waals surface area contributed by atoms with Gasteiger partial charge in [-0.05, 0) is 5.56 Å². The van der Waals surface area contributed by atoms with Gasteiger partial charge in [0.15, 0.2) is 0 Å². The summed E-state index contributed by atoms with van der Waals surface area (Å²) in [5.74, 6) is -1.53. The van der Waals surface area contributed by atoms with Gasteiger partial charge >= 0.3 is 5.97 Å². The molecule has 0 aromatic heterocycles. The Morgan fingerprint density at radius 1 is 1.29 bits per heavy atom. The van der Waals surface area contributed by atoms with Crippen LogP contribution in [0.1, 0.15) is 5.56 Å². The minimum absolute atomic E-state index is 0. The highest BCUT2D eigenvalue weighted by Gasteiger charge is 2.19. The Morgan fingerprint density at radius 3 is 2.35 bits per heavy atom. The quantitative estimate of drug-likeness (QED) is 0.606. The molecule has 1 atom stereocenters. The van der Waals surface area contributed by atoms with E-state index >= 15 is 0 Å². The SMILES string of the molecule is NCC(=O)N[C@@H](Cc1ccccc1)C(=O)O.O. The highest BCUT2D eigenvalue weighted by molar-refractivity contribution is 5.84. The van der Waals surface area contributed by atoms with Gasteiger partial charge in [0.25, 0.3) is 0 Å². The molecule has 0 bridgehead atoms. The van der Waals surface area contributed by atoms with Crippen molar-refractivity contribution in [3.63, 3.8) is 0 Å². The minimum atomic E-state index is -1.06. The van der Waals surface area contributed by atoms with Crippen LogP contribution in [0.4, 0.5) is 0 Å². The number of nitrogens with one attached hydrogen (secondary N) is 1. The van der Waals surface area contributed by atoms with Crippen molar-refractivity contribution in [2.24, 2.45) is 5.73 Å². The van der Waals surface area contributed by atoms with Crippen molar-refractivity contribution in [3.05, 3.63) is 35.9 Å². The van der Waals surface area contributed by atoms with Gasteiger partial charge in [-0.3, -0.25) is 4.79 Å². The van der Waals surface area contributed by atoms with Crippen molar-refractivity contribution < 1.29 is 20.2 Å². The lowest BCUT2D eigenvalue weighted by molar-refractivity contribution is -0.141. The Hall–Kier alpha value is -1.92. The number of benzene rings is 1. The van der Waals surface area contributed by atoms with E-state index in [4.69, 9.17) is 10.8 Å².